The van der Waals surface area contributed by atoms with Gasteiger partial charge in [0.15, 0.2) is 0 Å². The lowest BCUT2D eigenvalue weighted by Gasteiger charge is -2.26. The van der Waals surface area contributed by atoms with Crippen LogP contribution in [0.2, 0.25) is 0 Å². The molecule has 1 N–H and O–H groups in total. The molecule has 0 aromatic heterocycles. The zero-order valence-corrected chi connectivity index (χ0v) is 14.4. The topological polar surface area (TPSA) is 29.1 Å². The molecular weight excluding hydrogens is 302 g/mol. The van der Waals surface area contributed by atoms with Crippen molar-refractivity contribution in [3.8, 4) is 0 Å². The third-order valence-corrected chi connectivity index (χ3v) is 5.44. The van der Waals surface area contributed by atoms with Crippen molar-refractivity contribution in [2.45, 2.75) is 38.0 Å². The number of amides is 1. The summed E-state index contributed by atoms with van der Waals surface area (Å²) in [5.41, 5.74) is 5.29. The first kappa shape index (κ1) is 16.1. The van der Waals surface area contributed by atoms with Gasteiger partial charge in [-0.25, -0.2) is 0 Å². The zero-order chi connectivity index (χ0) is 16.1. The molecule has 1 atom stereocenters. The van der Waals surface area contributed by atoms with Crippen LogP contribution < -0.4 is 5.32 Å². The number of benzene rings is 2. The van der Waals surface area contributed by atoms with E-state index in [1.165, 1.54) is 22.3 Å². The maximum atomic E-state index is 12.3. The van der Waals surface area contributed by atoms with E-state index in [9.17, 15) is 4.79 Å². The minimum Gasteiger partial charge on any atom is -0.349 e. The zero-order valence-electron chi connectivity index (χ0n) is 13.5. The second-order valence-corrected chi connectivity index (χ2v) is 7.12. The van der Waals surface area contributed by atoms with Crippen LogP contribution in [-0.4, -0.2) is 11.7 Å². The van der Waals surface area contributed by atoms with Crippen LogP contribution in [0.15, 0.2) is 48.5 Å². The van der Waals surface area contributed by atoms with Gasteiger partial charge < -0.3 is 5.32 Å². The molecule has 1 aliphatic rings. The van der Waals surface area contributed by atoms with Crippen LogP contribution in [0.1, 0.15) is 41.1 Å². The normalized spacial score (nSPS) is 16.7. The van der Waals surface area contributed by atoms with E-state index in [1.807, 2.05) is 0 Å². The number of hydrogen-bond acceptors (Lipinski definition) is 2. The summed E-state index contributed by atoms with van der Waals surface area (Å²) in [6.07, 6.45) is 3.33. The van der Waals surface area contributed by atoms with Gasteiger partial charge >= 0.3 is 0 Å². The molecule has 0 bridgehead atoms. The van der Waals surface area contributed by atoms with Crippen molar-refractivity contribution < 1.29 is 4.79 Å². The maximum absolute atomic E-state index is 12.3. The van der Waals surface area contributed by atoms with Gasteiger partial charge in [0, 0.05) is 5.75 Å². The van der Waals surface area contributed by atoms with Gasteiger partial charge in [0.05, 0.1) is 11.8 Å². The molecule has 0 fully saturated rings. The van der Waals surface area contributed by atoms with Crippen LogP contribution in [-0.2, 0) is 17.0 Å². The van der Waals surface area contributed by atoms with Gasteiger partial charge in [-0.05, 0) is 48.4 Å². The van der Waals surface area contributed by atoms with Gasteiger partial charge in [-0.2, -0.15) is 0 Å². The summed E-state index contributed by atoms with van der Waals surface area (Å²) in [6, 6.07) is 17.0. The van der Waals surface area contributed by atoms with Crippen molar-refractivity contribution in [1.82, 2.24) is 5.32 Å². The summed E-state index contributed by atoms with van der Waals surface area (Å²) in [6.45, 7) is 2.12. The number of rotatable bonds is 5. The highest BCUT2D eigenvalue weighted by Crippen LogP contribution is 2.29. The first-order valence-electron chi connectivity index (χ1n) is 8.23. The van der Waals surface area contributed by atoms with Gasteiger partial charge in [-0.1, -0.05) is 48.5 Å². The average Bonchev–Trinajstić information content (AvgIpc) is 2.57. The third-order valence-electron chi connectivity index (χ3n) is 4.46. The fourth-order valence-corrected chi connectivity index (χ4v) is 4.08. The molecule has 23 heavy (non-hydrogen) atoms. The molecule has 3 heteroatoms. The fraction of sp³-hybridized carbons (Fsp3) is 0.350. The molecule has 0 aliphatic heterocycles. The number of hydrogen-bond donors (Lipinski definition) is 1. The summed E-state index contributed by atoms with van der Waals surface area (Å²) in [5.74, 6) is 1.55. The Morgan fingerprint density at radius 3 is 2.83 bits per heavy atom. The molecule has 2 nitrogen and oxygen atoms in total. The molecule has 120 valence electrons. The third kappa shape index (κ3) is 4.17. The minimum absolute atomic E-state index is 0.144. The average molecular weight is 325 g/mol. The van der Waals surface area contributed by atoms with Crippen LogP contribution in [0.5, 0.6) is 0 Å². The van der Waals surface area contributed by atoms with E-state index in [-0.39, 0.29) is 11.9 Å². The minimum atomic E-state index is 0.144. The second kappa shape index (κ2) is 7.69. The fourth-order valence-electron chi connectivity index (χ4n) is 3.17. The van der Waals surface area contributed by atoms with Crippen molar-refractivity contribution in [1.29, 1.82) is 0 Å². The molecule has 0 radical (unpaired) electrons. The number of carbonyl (C=O) groups excluding carboxylic acids is 1. The quantitative estimate of drug-likeness (QED) is 0.881. The first-order chi connectivity index (χ1) is 11.2. The Hall–Kier alpha value is -1.74. The highest BCUT2D eigenvalue weighted by molar-refractivity contribution is 7.99. The Labute approximate surface area is 142 Å². The number of fused-ring (bicyclic) bond motifs is 1. The summed E-state index contributed by atoms with van der Waals surface area (Å²) in [4.78, 5) is 12.3. The summed E-state index contributed by atoms with van der Waals surface area (Å²) in [7, 11) is 0. The first-order valence-corrected chi connectivity index (χ1v) is 9.39. The second-order valence-electron chi connectivity index (χ2n) is 6.13. The van der Waals surface area contributed by atoms with Gasteiger partial charge in [0.2, 0.25) is 5.91 Å². The largest absolute Gasteiger partial charge is 0.349 e. The Kier molecular flexibility index (Phi) is 5.39. The van der Waals surface area contributed by atoms with Crippen molar-refractivity contribution in [2.75, 3.05) is 5.75 Å². The van der Waals surface area contributed by atoms with E-state index < -0.39 is 0 Å². The van der Waals surface area contributed by atoms with Crippen molar-refractivity contribution in [3.05, 3.63) is 70.8 Å². The highest BCUT2D eigenvalue weighted by atomic mass is 32.2. The molecule has 0 spiro atoms. The predicted octanol–water partition coefficient (Wildman–Crippen LogP) is 4.42. The number of aryl methyl sites for hydroxylation is 2. The summed E-state index contributed by atoms with van der Waals surface area (Å²) in [5, 5.41) is 3.22. The predicted molar refractivity (Wildman–Crippen MR) is 97.6 cm³/mol. The van der Waals surface area contributed by atoms with Crippen molar-refractivity contribution in [2.24, 2.45) is 0 Å². The molecule has 2 aromatic carbocycles. The molecule has 0 saturated carbocycles. The van der Waals surface area contributed by atoms with E-state index in [0.29, 0.717) is 5.75 Å². The smallest absolute Gasteiger partial charge is 0.230 e. The lowest BCUT2D eigenvalue weighted by molar-refractivity contribution is -0.119. The Morgan fingerprint density at radius 2 is 1.96 bits per heavy atom. The van der Waals surface area contributed by atoms with Crippen LogP contribution in [0.4, 0.5) is 0 Å². The molecule has 2 aromatic rings. The lowest BCUT2D eigenvalue weighted by Crippen LogP contribution is -2.32. The molecule has 0 unspecified atom stereocenters. The van der Waals surface area contributed by atoms with E-state index >= 15 is 0 Å². The van der Waals surface area contributed by atoms with Gasteiger partial charge in [0.1, 0.15) is 0 Å². The van der Waals surface area contributed by atoms with E-state index in [4.69, 9.17) is 0 Å². The Bertz CT molecular complexity index is 683. The van der Waals surface area contributed by atoms with Crippen molar-refractivity contribution in [3.63, 3.8) is 0 Å². The number of nitrogens with one attached hydrogen (secondary N) is 1. The summed E-state index contributed by atoms with van der Waals surface area (Å²) >= 11 is 1.69. The Morgan fingerprint density at radius 1 is 1.17 bits per heavy atom. The van der Waals surface area contributed by atoms with E-state index in [1.54, 1.807) is 11.8 Å². The number of thioether (sulfide) groups is 1. The highest BCUT2D eigenvalue weighted by Gasteiger charge is 2.21. The monoisotopic (exact) mass is 325 g/mol. The van der Waals surface area contributed by atoms with Crippen LogP contribution >= 0.6 is 11.8 Å². The van der Waals surface area contributed by atoms with E-state index in [0.717, 1.165) is 25.0 Å². The standard InChI is InChI=1S/C20H23NOS/c1-15-7-2-3-9-17(15)13-23-14-20(22)21-19-12-6-10-16-8-4-5-11-18(16)19/h2-5,7-9,11,19H,6,10,12-14H2,1H3,(H,21,22)/t19-/m0/s1. The van der Waals surface area contributed by atoms with Crippen LogP contribution in [0, 0.1) is 6.92 Å². The van der Waals surface area contributed by atoms with Crippen molar-refractivity contribution >= 4 is 17.7 Å². The molecule has 0 heterocycles. The molecule has 1 aliphatic carbocycles. The van der Waals surface area contributed by atoms with Gasteiger partial charge in [-0.3, -0.25) is 4.79 Å². The molecular formula is C20H23NOS. The maximum Gasteiger partial charge on any atom is 0.230 e. The summed E-state index contributed by atoms with van der Waals surface area (Å²) < 4.78 is 0. The van der Waals surface area contributed by atoms with Gasteiger partial charge in [0.25, 0.3) is 0 Å². The Balaban J connectivity index is 1.52. The molecule has 0 saturated heterocycles. The lowest BCUT2D eigenvalue weighted by atomic mass is 9.88. The van der Waals surface area contributed by atoms with Crippen LogP contribution in [0.25, 0.3) is 0 Å². The van der Waals surface area contributed by atoms with Crippen LogP contribution in [0.3, 0.4) is 0 Å². The SMILES string of the molecule is Cc1ccccc1CSCC(=O)N[C@H]1CCCc2ccccc21. The molecule has 1 amide bonds. The number of carbonyl (C=O) groups is 1. The molecule has 3 rings (SSSR count). The van der Waals surface area contributed by atoms with Gasteiger partial charge in [-0.15, -0.1) is 11.8 Å². The van der Waals surface area contributed by atoms with E-state index in [2.05, 4.69) is 60.8 Å².